The normalized spacial score (nSPS) is 19.2. The standard InChI is InChI=1S/C12H14IN5O2/c13-9-6-15-10-3-4-11(16-18(9)10)17-5-1-2-8(7-17)20-12(14)19/h3-4,6,8H,1-2,5,7H2,(H2,14,19). The molecule has 0 aliphatic carbocycles. The average molecular weight is 387 g/mol. The zero-order chi connectivity index (χ0) is 14.1. The largest absolute Gasteiger partial charge is 0.445 e. The number of rotatable bonds is 2. The Kier molecular flexibility index (Phi) is 3.64. The lowest BCUT2D eigenvalue weighted by Crippen LogP contribution is -2.42. The Bertz CT molecular complexity index is 644. The third kappa shape index (κ3) is 2.65. The summed E-state index contributed by atoms with van der Waals surface area (Å²) < 4.78 is 7.85. The average Bonchev–Trinajstić information content (AvgIpc) is 2.80. The van der Waals surface area contributed by atoms with E-state index in [9.17, 15) is 4.79 Å². The molecule has 8 heteroatoms. The molecule has 1 unspecified atom stereocenters. The molecule has 0 radical (unpaired) electrons. The highest BCUT2D eigenvalue weighted by molar-refractivity contribution is 14.1. The van der Waals surface area contributed by atoms with Crippen LogP contribution in [0.4, 0.5) is 10.6 Å². The number of imidazole rings is 1. The van der Waals surface area contributed by atoms with Crippen LogP contribution < -0.4 is 10.6 Å². The summed E-state index contributed by atoms with van der Waals surface area (Å²) in [5.41, 5.74) is 5.90. The number of nitrogens with two attached hydrogens (primary N) is 1. The molecular weight excluding hydrogens is 373 g/mol. The van der Waals surface area contributed by atoms with Crippen LogP contribution in [0.3, 0.4) is 0 Å². The van der Waals surface area contributed by atoms with E-state index in [0.29, 0.717) is 6.54 Å². The maximum absolute atomic E-state index is 10.8. The van der Waals surface area contributed by atoms with Crippen molar-refractivity contribution >= 4 is 40.1 Å². The van der Waals surface area contributed by atoms with Crippen molar-refractivity contribution in [3.63, 3.8) is 0 Å². The molecule has 7 nitrogen and oxygen atoms in total. The Hall–Kier alpha value is -1.58. The predicted molar refractivity (Wildman–Crippen MR) is 81.6 cm³/mol. The molecule has 1 aliphatic rings. The molecule has 1 amide bonds. The summed E-state index contributed by atoms with van der Waals surface area (Å²) >= 11 is 2.19. The first kappa shape index (κ1) is 13.4. The van der Waals surface area contributed by atoms with E-state index in [1.807, 2.05) is 12.1 Å². The Balaban J connectivity index is 1.82. The molecule has 1 saturated heterocycles. The van der Waals surface area contributed by atoms with Crippen molar-refractivity contribution < 1.29 is 9.53 Å². The Labute approximate surface area is 129 Å². The lowest BCUT2D eigenvalue weighted by atomic mass is 10.1. The maximum atomic E-state index is 10.8. The van der Waals surface area contributed by atoms with Gasteiger partial charge in [0.2, 0.25) is 0 Å². The fourth-order valence-corrected chi connectivity index (χ4v) is 2.91. The SMILES string of the molecule is NC(=O)OC1CCCN(c2ccc3ncc(I)n3n2)C1. The third-order valence-corrected chi connectivity index (χ3v) is 4.03. The number of hydrogen-bond acceptors (Lipinski definition) is 5. The Morgan fingerprint density at radius 3 is 3.15 bits per heavy atom. The maximum Gasteiger partial charge on any atom is 0.404 e. The summed E-state index contributed by atoms with van der Waals surface area (Å²) in [6.07, 6.45) is 2.68. The van der Waals surface area contributed by atoms with Gasteiger partial charge in [-0.1, -0.05) is 0 Å². The highest BCUT2D eigenvalue weighted by atomic mass is 127. The minimum Gasteiger partial charge on any atom is -0.445 e. The number of piperidine rings is 1. The number of primary amides is 1. The molecule has 2 N–H and O–H groups in total. The van der Waals surface area contributed by atoms with E-state index >= 15 is 0 Å². The van der Waals surface area contributed by atoms with Crippen molar-refractivity contribution in [2.45, 2.75) is 18.9 Å². The van der Waals surface area contributed by atoms with Gasteiger partial charge in [0, 0.05) is 6.54 Å². The fraction of sp³-hybridized carbons (Fsp3) is 0.417. The van der Waals surface area contributed by atoms with Crippen molar-refractivity contribution in [2.24, 2.45) is 5.73 Å². The van der Waals surface area contributed by atoms with Gasteiger partial charge in [-0.3, -0.25) is 0 Å². The van der Waals surface area contributed by atoms with Gasteiger partial charge in [0.25, 0.3) is 0 Å². The van der Waals surface area contributed by atoms with Gasteiger partial charge in [-0.25, -0.2) is 14.3 Å². The lowest BCUT2D eigenvalue weighted by Gasteiger charge is -2.32. The molecule has 2 aromatic heterocycles. The van der Waals surface area contributed by atoms with Gasteiger partial charge in [0.05, 0.1) is 12.7 Å². The topological polar surface area (TPSA) is 85.8 Å². The van der Waals surface area contributed by atoms with Gasteiger partial charge in [0.15, 0.2) is 5.65 Å². The lowest BCUT2D eigenvalue weighted by molar-refractivity contribution is 0.0964. The van der Waals surface area contributed by atoms with Crippen LogP contribution in [0.2, 0.25) is 0 Å². The molecule has 0 bridgehead atoms. The summed E-state index contributed by atoms with van der Waals surface area (Å²) in [4.78, 5) is 17.2. The number of carbonyl (C=O) groups is 1. The predicted octanol–water partition coefficient (Wildman–Crippen LogP) is 1.40. The number of anilines is 1. The Morgan fingerprint density at radius 1 is 1.50 bits per heavy atom. The van der Waals surface area contributed by atoms with Crippen LogP contribution in [-0.2, 0) is 4.74 Å². The molecule has 1 fully saturated rings. The minimum absolute atomic E-state index is 0.166. The van der Waals surface area contributed by atoms with Crippen molar-refractivity contribution in [2.75, 3.05) is 18.0 Å². The first-order chi connectivity index (χ1) is 9.63. The smallest absolute Gasteiger partial charge is 0.404 e. The van der Waals surface area contributed by atoms with Gasteiger partial charge >= 0.3 is 6.09 Å². The van der Waals surface area contributed by atoms with Crippen LogP contribution in [0.1, 0.15) is 12.8 Å². The van der Waals surface area contributed by atoms with Crippen LogP contribution in [0.25, 0.3) is 5.65 Å². The summed E-state index contributed by atoms with van der Waals surface area (Å²) in [7, 11) is 0. The van der Waals surface area contributed by atoms with Crippen LogP contribution in [0.15, 0.2) is 18.3 Å². The summed E-state index contributed by atoms with van der Waals surface area (Å²) in [5, 5.41) is 4.57. The fourth-order valence-electron chi connectivity index (χ4n) is 2.41. The van der Waals surface area contributed by atoms with Crippen LogP contribution in [0.5, 0.6) is 0 Å². The second-order valence-corrected chi connectivity index (χ2v) is 5.79. The van der Waals surface area contributed by atoms with E-state index < -0.39 is 6.09 Å². The summed E-state index contributed by atoms with van der Waals surface area (Å²) in [6.45, 7) is 1.51. The first-order valence-electron chi connectivity index (χ1n) is 6.35. The zero-order valence-electron chi connectivity index (χ0n) is 10.7. The van der Waals surface area contributed by atoms with Gasteiger partial charge in [-0.05, 0) is 47.6 Å². The number of fused-ring (bicyclic) bond motifs is 1. The zero-order valence-corrected chi connectivity index (χ0v) is 12.9. The van der Waals surface area contributed by atoms with E-state index in [1.165, 1.54) is 0 Å². The number of nitrogens with zero attached hydrogens (tertiary/aromatic N) is 4. The van der Waals surface area contributed by atoms with Crippen LogP contribution in [0, 0.1) is 3.70 Å². The van der Waals surface area contributed by atoms with Crippen LogP contribution in [-0.4, -0.2) is 39.9 Å². The Morgan fingerprint density at radius 2 is 2.35 bits per heavy atom. The number of hydrogen-bond donors (Lipinski definition) is 1. The third-order valence-electron chi connectivity index (χ3n) is 3.29. The number of halogens is 1. The molecule has 3 rings (SSSR count). The van der Waals surface area contributed by atoms with Crippen molar-refractivity contribution in [1.29, 1.82) is 0 Å². The molecule has 20 heavy (non-hydrogen) atoms. The molecule has 2 aromatic rings. The molecular formula is C12H14IN5O2. The highest BCUT2D eigenvalue weighted by Gasteiger charge is 2.23. The van der Waals surface area contributed by atoms with Crippen molar-refractivity contribution in [3.8, 4) is 0 Å². The second kappa shape index (κ2) is 5.43. The molecule has 1 atom stereocenters. The molecule has 0 spiro atoms. The quantitative estimate of drug-likeness (QED) is 0.788. The van der Waals surface area contributed by atoms with E-state index in [-0.39, 0.29) is 6.10 Å². The molecule has 0 aromatic carbocycles. The monoisotopic (exact) mass is 387 g/mol. The molecule has 1 aliphatic heterocycles. The van der Waals surface area contributed by atoms with Gasteiger partial charge in [-0.2, -0.15) is 0 Å². The summed E-state index contributed by atoms with van der Waals surface area (Å²) in [6, 6.07) is 3.87. The van der Waals surface area contributed by atoms with E-state index in [1.54, 1.807) is 10.7 Å². The van der Waals surface area contributed by atoms with Crippen LogP contribution >= 0.6 is 22.6 Å². The van der Waals surface area contributed by atoms with Crippen molar-refractivity contribution in [1.82, 2.24) is 14.6 Å². The minimum atomic E-state index is -0.718. The number of carbonyl (C=O) groups excluding carboxylic acids is 1. The first-order valence-corrected chi connectivity index (χ1v) is 7.42. The van der Waals surface area contributed by atoms with E-state index in [0.717, 1.165) is 34.6 Å². The molecule has 3 heterocycles. The van der Waals surface area contributed by atoms with E-state index in [2.05, 4.69) is 37.6 Å². The number of amides is 1. The van der Waals surface area contributed by atoms with E-state index in [4.69, 9.17) is 10.5 Å². The second-order valence-electron chi connectivity index (χ2n) is 4.69. The number of aromatic nitrogens is 3. The molecule has 106 valence electrons. The summed E-state index contributed by atoms with van der Waals surface area (Å²) in [5.74, 6) is 0.853. The number of ether oxygens (including phenoxy) is 1. The molecule has 0 saturated carbocycles. The van der Waals surface area contributed by atoms with Gasteiger partial charge in [0.1, 0.15) is 15.6 Å². The highest BCUT2D eigenvalue weighted by Crippen LogP contribution is 2.20. The van der Waals surface area contributed by atoms with Gasteiger partial charge < -0.3 is 15.4 Å². The van der Waals surface area contributed by atoms with Gasteiger partial charge in [-0.15, -0.1) is 5.10 Å². The van der Waals surface area contributed by atoms with Crippen molar-refractivity contribution in [3.05, 3.63) is 22.0 Å².